The standard InChI is InChI=1S/C19H20Cl2FN3O/c1-13(19(26)23-16-11-14(20)10-15(21)12-16)24-6-8-25(9-7-24)18-5-3-2-4-17(18)22/h2-5,10-13H,6-9H2,1H3,(H,23,26). The minimum Gasteiger partial charge on any atom is -0.367 e. The number of carbonyl (C=O) groups is 1. The second-order valence-corrected chi connectivity index (χ2v) is 7.17. The second-order valence-electron chi connectivity index (χ2n) is 6.30. The number of rotatable bonds is 4. The predicted octanol–water partition coefficient (Wildman–Crippen LogP) is 4.28. The van der Waals surface area contributed by atoms with Gasteiger partial charge in [-0.05, 0) is 37.3 Å². The Hall–Kier alpha value is -1.82. The number of hydrogen-bond donors (Lipinski definition) is 1. The van der Waals surface area contributed by atoms with Crippen molar-refractivity contribution < 1.29 is 9.18 Å². The summed E-state index contributed by atoms with van der Waals surface area (Å²) in [4.78, 5) is 16.6. The molecule has 1 atom stereocenters. The van der Waals surface area contributed by atoms with Crippen molar-refractivity contribution in [1.82, 2.24) is 4.90 Å². The molecule has 2 aromatic rings. The molecule has 1 amide bonds. The Morgan fingerprint density at radius 1 is 1.08 bits per heavy atom. The number of carbonyl (C=O) groups excluding carboxylic acids is 1. The minimum absolute atomic E-state index is 0.123. The first-order chi connectivity index (χ1) is 12.4. The van der Waals surface area contributed by atoms with Gasteiger partial charge in [-0.3, -0.25) is 9.69 Å². The molecule has 4 nitrogen and oxygen atoms in total. The Morgan fingerprint density at radius 2 is 1.69 bits per heavy atom. The van der Waals surface area contributed by atoms with Crippen LogP contribution in [0.15, 0.2) is 42.5 Å². The van der Waals surface area contributed by atoms with Crippen molar-refractivity contribution in [1.29, 1.82) is 0 Å². The van der Waals surface area contributed by atoms with Gasteiger partial charge in [0.2, 0.25) is 5.91 Å². The van der Waals surface area contributed by atoms with Gasteiger partial charge >= 0.3 is 0 Å². The number of benzene rings is 2. The summed E-state index contributed by atoms with van der Waals surface area (Å²) in [5.41, 5.74) is 1.18. The van der Waals surface area contributed by atoms with E-state index in [0.29, 0.717) is 47.6 Å². The van der Waals surface area contributed by atoms with E-state index in [2.05, 4.69) is 10.2 Å². The van der Waals surface area contributed by atoms with Gasteiger partial charge in [0.1, 0.15) is 5.82 Å². The highest BCUT2D eigenvalue weighted by molar-refractivity contribution is 6.35. The van der Waals surface area contributed by atoms with Crippen LogP contribution in [0, 0.1) is 5.82 Å². The lowest BCUT2D eigenvalue weighted by Gasteiger charge is -2.38. The molecule has 138 valence electrons. The number of anilines is 2. The third kappa shape index (κ3) is 4.47. The predicted molar refractivity (Wildman–Crippen MR) is 105 cm³/mol. The molecule has 1 heterocycles. The highest BCUT2D eigenvalue weighted by Gasteiger charge is 2.26. The van der Waals surface area contributed by atoms with Crippen molar-refractivity contribution in [2.75, 3.05) is 36.4 Å². The van der Waals surface area contributed by atoms with Crippen LogP contribution in [0.2, 0.25) is 10.0 Å². The number of para-hydroxylation sites is 1. The van der Waals surface area contributed by atoms with E-state index in [-0.39, 0.29) is 17.8 Å². The molecule has 1 N–H and O–H groups in total. The van der Waals surface area contributed by atoms with Crippen LogP contribution in [0.4, 0.5) is 15.8 Å². The summed E-state index contributed by atoms with van der Waals surface area (Å²) in [6.07, 6.45) is 0. The highest BCUT2D eigenvalue weighted by Crippen LogP contribution is 2.24. The van der Waals surface area contributed by atoms with Crippen LogP contribution < -0.4 is 10.2 Å². The summed E-state index contributed by atoms with van der Waals surface area (Å²) in [5, 5.41) is 3.79. The first-order valence-corrected chi connectivity index (χ1v) is 9.20. The van der Waals surface area contributed by atoms with Gasteiger partial charge in [-0.15, -0.1) is 0 Å². The van der Waals surface area contributed by atoms with Crippen LogP contribution >= 0.6 is 23.2 Å². The normalized spacial score (nSPS) is 16.4. The fourth-order valence-corrected chi connectivity index (χ4v) is 3.62. The molecule has 0 radical (unpaired) electrons. The lowest BCUT2D eigenvalue weighted by atomic mass is 10.2. The molecule has 0 aliphatic carbocycles. The molecule has 1 aliphatic heterocycles. The van der Waals surface area contributed by atoms with Gasteiger partial charge in [0.25, 0.3) is 0 Å². The average molecular weight is 396 g/mol. The molecule has 0 spiro atoms. The van der Waals surface area contributed by atoms with Gasteiger partial charge in [0.15, 0.2) is 0 Å². The fraction of sp³-hybridized carbons (Fsp3) is 0.316. The van der Waals surface area contributed by atoms with Crippen LogP contribution in [-0.4, -0.2) is 43.0 Å². The molecular formula is C19H20Cl2FN3O. The monoisotopic (exact) mass is 395 g/mol. The third-order valence-electron chi connectivity index (χ3n) is 4.56. The van der Waals surface area contributed by atoms with E-state index in [1.807, 2.05) is 17.9 Å². The van der Waals surface area contributed by atoms with Crippen molar-refractivity contribution >= 4 is 40.5 Å². The van der Waals surface area contributed by atoms with E-state index in [9.17, 15) is 9.18 Å². The zero-order chi connectivity index (χ0) is 18.7. The van der Waals surface area contributed by atoms with Crippen LogP contribution in [0.3, 0.4) is 0 Å². The summed E-state index contributed by atoms with van der Waals surface area (Å²) >= 11 is 11.9. The van der Waals surface area contributed by atoms with Gasteiger partial charge < -0.3 is 10.2 Å². The molecule has 1 unspecified atom stereocenters. The molecule has 26 heavy (non-hydrogen) atoms. The molecule has 0 aromatic heterocycles. The maximum atomic E-state index is 13.9. The van der Waals surface area contributed by atoms with Gasteiger partial charge in [-0.2, -0.15) is 0 Å². The van der Waals surface area contributed by atoms with Crippen molar-refractivity contribution in [2.24, 2.45) is 0 Å². The molecule has 3 rings (SSSR count). The Kier molecular flexibility index (Phi) is 6.01. The smallest absolute Gasteiger partial charge is 0.241 e. The summed E-state index contributed by atoms with van der Waals surface area (Å²) in [7, 11) is 0. The van der Waals surface area contributed by atoms with E-state index >= 15 is 0 Å². The zero-order valence-electron chi connectivity index (χ0n) is 14.4. The summed E-state index contributed by atoms with van der Waals surface area (Å²) in [6, 6.07) is 11.4. The summed E-state index contributed by atoms with van der Waals surface area (Å²) < 4.78 is 13.9. The number of nitrogens with one attached hydrogen (secondary N) is 1. The molecule has 0 saturated carbocycles. The molecular weight excluding hydrogens is 376 g/mol. The first kappa shape index (κ1) is 19.0. The van der Waals surface area contributed by atoms with Crippen molar-refractivity contribution in [3.05, 3.63) is 58.3 Å². The maximum Gasteiger partial charge on any atom is 0.241 e. The largest absolute Gasteiger partial charge is 0.367 e. The van der Waals surface area contributed by atoms with E-state index in [1.54, 1.807) is 30.3 Å². The van der Waals surface area contributed by atoms with Crippen molar-refractivity contribution in [3.63, 3.8) is 0 Å². The SMILES string of the molecule is CC(C(=O)Nc1cc(Cl)cc(Cl)c1)N1CCN(c2ccccc2F)CC1. The molecule has 1 fully saturated rings. The lowest BCUT2D eigenvalue weighted by Crippen LogP contribution is -2.53. The quantitative estimate of drug-likeness (QED) is 0.838. The molecule has 2 aromatic carbocycles. The van der Waals surface area contributed by atoms with E-state index < -0.39 is 0 Å². The number of hydrogen-bond acceptors (Lipinski definition) is 3. The van der Waals surface area contributed by atoms with Crippen LogP contribution in [0.5, 0.6) is 0 Å². The molecule has 1 saturated heterocycles. The fourth-order valence-electron chi connectivity index (χ4n) is 3.10. The van der Waals surface area contributed by atoms with E-state index in [1.165, 1.54) is 6.07 Å². The lowest BCUT2D eigenvalue weighted by molar-refractivity contribution is -0.120. The first-order valence-electron chi connectivity index (χ1n) is 8.44. The van der Waals surface area contributed by atoms with Crippen LogP contribution in [-0.2, 0) is 4.79 Å². The number of piperazine rings is 1. The molecule has 7 heteroatoms. The Morgan fingerprint density at radius 3 is 2.31 bits per heavy atom. The summed E-state index contributed by atoms with van der Waals surface area (Å²) in [6.45, 7) is 4.56. The van der Waals surface area contributed by atoms with E-state index in [4.69, 9.17) is 23.2 Å². The van der Waals surface area contributed by atoms with Gasteiger partial charge in [0.05, 0.1) is 11.7 Å². The number of halogens is 3. The number of amides is 1. The Labute approximate surface area is 162 Å². The Bertz CT molecular complexity index is 774. The van der Waals surface area contributed by atoms with Crippen molar-refractivity contribution in [3.8, 4) is 0 Å². The van der Waals surface area contributed by atoms with Gasteiger partial charge in [0, 0.05) is 41.9 Å². The minimum atomic E-state index is -0.310. The number of nitrogens with zero attached hydrogens (tertiary/aromatic N) is 2. The highest BCUT2D eigenvalue weighted by atomic mass is 35.5. The van der Waals surface area contributed by atoms with Gasteiger partial charge in [-0.25, -0.2) is 4.39 Å². The topological polar surface area (TPSA) is 35.6 Å². The Balaban J connectivity index is 1.58. The average Bonchev–Trinajstić information content (AvgIpc) is 2.61. The van der Waals surface area contributed by atoms with Crippen LogP contribution in [0.25, 0.3) is 0 Å². The van der Waals surface area contributed by atoms with E-state index in [0.717, 1.165) is 0 Å². The van der Waals surface area contributed by atoms with Crippen molar-refractivity contribution in [2.45, 2.75) is 13.0 Å². The second kappa shape index (κ2) is 8.25. The maximum absolute atomic E-state index is 13.9. The van der Waals surface area contributed by atoms with Gasteiger partial charge in [-0.1, -0.05) is 35.3 Å². The summed E-state index contributed by atoms with van der Waals surface area (Å²) in [5.74, 6) is -0.341. The zero-order valence-corrected chi connectivity index (χ0v) is 15.9. The van der Waals surface area contributed by atoms with Crippen LogP contribution in [0.1, 0.15) is 6.92 Å². The third-order valence-corrected chi connectivity index (χ3v) is 5.00. The molecule has 1 aliphatic rings. The molecule has 0 bridgehead atoms.